The van der Waals surface area contributed by atoms with Gasteiger partial charge in [0.15, 0.2) is 0 Å². The number of anilines is 2. The molecule has 0 saturated carbocycles. The van der Waals surface area contributed by atoms with Crippen LogP contribution in [-0.2, 0) is 10.0 Å². The molecular weight excluding hydrogens is 372 g/mol. The Balaban J connectivity index is 2.00. The third kappa shape index (κ3) is 2.90. The maximum absolute atomic E-state index is 12.5. The number of thiophene rings is 1. The molecular formula is C14H11BrN2O2S2. The van der Waals surface area contributed by atoms with Crippen LogP contribution in [0.3, 0.4) is 0 Å². The fourth-order valence-electron chi connectivity index (χ4n) is 1.97. The van der Waals surface area contributed by atoms with Crippen LogP contribution in [0.4, 0.5) is 11.4 Å². The third-order valence-electron chi connectivity index (χ3n) is 2.95. The van der Waals surface area contributed by atoms with E-state index in [4.69, 9.17) is 5.73 Å². The van der Waals surface area contributed by atoms with Gasteiger partial charge in [-0.05, 0) is 69.2 Å². The van der Waals surface area contributed by atoms with Gasteiger partial charge in [-0.3, -0.25) is 4.72 Å². The maximum atomic E-state index is 12.5. The Morgan fingerprint density at radius 1 is 1.10 bits per heavy atom. The minimum absolute atomic E-state index is 0.118. The summed E-state index contributed by atoms with van der Waals surface area (Å²) in [5.41, 5.74) is 6.58. The number of benzene rings is 2. The van der Waals surface area contributed by atoms with E-state index in [1.54, 1.807) is 29.5 Å². The number of nitrogens with two attached hydrogens (primary N) is 1. The summed E-state index contributed by atoms with van der Waals surface area (Å²) in [6.07, 6.45) is 0. The fraction of sp³-hybridized carbons (Fsp3) is 0. The van der Waals surface area contributed by atoms with Crippen LogP contribution in [0.25, 0.3) is 10.1 Å². The van der Waals surface area contributed by atoms with E-state index in [2.05, 4.69) is 20.7 Å². The van der Waals surface area contributed by atoms with Gasteiger partial charge < -0.3 is 5.73 Å². The lowest BCUT2D eigenvalue weighted by Gasteiger charge is -2.10. The molecule has 0 unspecified atom stereocenters. The molecule has 0 saturated heterocycles. The molecule has 3 aromatic rings. The average molecular weight is 383 g/mol. The van der Waals surface area contributed by atoms with E-state index in [-0.39, 0.29) is 4.90 Å². The normalized spacial score (nSPS) is 11.7. The summed E-state index contributed by atoms with van der Waals surface area (Å²) in [4.78, 5) is 0.118. The lowest BCUT2D eigenvalue weighted by Crippen LogP contribution is -2.13. The predicted molar refractivity (Wildman–Crippen MR) is 91.2 cm³/mol. The van der Waals surface area contributed by atoms with Crippen LogP contribution in [0.15, 0.2) is 57.2 Å². The third-order valence-corrected chi connectivity index (χ3v) is 6.22. The molecule has 1 aromatic heterocycles. The molecule has 0 amide bonds. The molecule has 7 heteroatoms. The number of rotatable bonds is 3. The van der Waals surface area contributed by atoms with Gasteiger partial charge in [0.25, 0.3) is 10.0 Å². The summed E-state index contributed by atoms with van der Waals surface area (Å²) < 4.78 is 29.1. The second-order valence-electron chi connectivity index (χ2n) is 4.47. The van der Waals surface area contributed by atoms with E-state index in [0.717, 1.165) is 10.1 Å². The zero-order chi connectivity index (χ0) is 15.0. The number of nitrogens with one attached hydrogen (secondary N) is 1. The predicted octanol–water partition coefficient (Wildman–Crippen LogP) is 4.05. The molecule has 0 aliphatic heterocycles. The van der Waals surface area contributed by atoms with Crippen molar-refractivity contribution in [3.05, 3.63) is 52.3 Å². The molecule has 0 atom stereocenters. The Morgan fingerprint density at radius 2 is 1.90 bits per heavy atom. The van der Waals surface area contributed by atoms with E-state index < -0.39 is 10.0 Å². The summed E-state index contributed by atoms with van der Waals surface area (Å²) in [5, 5.41) is 2.98. The summed E-state index contributed by atoms with van der Waals surface area (Å²) in [6, 6.07) is 12.1. The van der Waals surface area contributed by atoms with E-state index in [0.29, 0.717) is 15.8 Å². The van der Waals surface area contributed by atoms with Gasteiger partial charge in [-0.1, -0.05) is 0 Å². The molecule has 0 aliphatic carbocycles. The summed E-state index contributed by atoms with van der Waals surface area (Å²) in [5.74, 6) is 0. The highest BCUT2D eigenvalue weighted by atomic mass is 79.9. The van der Waals surface area contributed by atoms with Gasteiger partial charge in [0.2, 0.25) is 0 Å². The summed E-state index contributed by atoms with van der Waals surface area (Å²) >= 11 is 4.85. The lowest BCUT2D eigenvalue weighted by atomic mass is 10.2. The van der Waals surface area contributed by atoms with E-state index >= 15 is 0 Å². The molecule has 108 valence electrons. The van der Waals surface area contributed by atoms with Crippen LogP contribution in [0.2, 0.25) is 0 Å². The first-order valence-electron chi connectivity index (χ1n) is 6.01. The molecule has 0 spiro atoms. The number of halogens is 1. The second-order valence-corrected chi connectivity index (χ2v) is 7.92. The van der Waals surface area contributed by atoms with E-state index in [1.165, 1.54) is 6.07 Å². The van der Waals surface area contributed by atoms with Crippen LogP contribution >= 0.6 is 27.3 Å². The van der Waals surface area contributed by atoms with Gasteiger partial charge >= 0.3 is 0 Å². The van der Waals surface area contributed by atoms with Gasteiger partial charge in [-0.25, -0.2) is 8.42 Å². The van der Waals surface area contributed by atoms with Crippen molar-refractivity contribution in [3.63, 3.8) is 0 Å². The largest absolute Gasteiger partial charge is 0.399 e. The maximum Gasteiger partial charge on any atom is 0.263 e. The zero-order valence-corrected chi connectivity index (χ0v) is 13.9. The van der Waals surface area contributed by atoms with Gasteiger partial charge in [0.1, 0.15) is 4.90 Å². The Bertz CT molecular complexity index is 920. The molecule has 3 N–H and O–H groups in total. The van der Waals surface area contributed by atoms with Crippen molar-refractivity contribution in [1.29, 1.82) is 0 Å². The minimum atomic E-state index is -3.69. The van der Waals surface area contributed by atoms with Crippen molar-refractivity contribution in [2.75, 3.05) is 10.5 Å². The van der Waals surface area contributed by atoms with Crippen molar-refractivity contribution >= 4 is 58.8 Å². The highest BCUT2D eigenvalue weighted by Gasteiger charge is 2.18. The van der Waals surface area contributed by atoms with Crippen molar-refractivity contribution < 1.29 is 8.42 Å². The Hall–Kier alpha value is -1.57. The number of sulfonamides is 1. The second kappa shape index (κ2) is 5.32. The molecule has 2 aromatic carbocycles. The Morgan fingerprint density at radius 3 is 2.71 bits per heavy atom. The average Bonchev–Trinajstić information content (AvgIpc) is 2.88. The van der Waals surface area contributed by atoms with Crippen molar-refractivity contribution in [3.8, 4) is 0 Å². The van der Waals surface area contributed by atoms with Crippen LogP contribution in [-0.4, -0.2) is 8.42 Å². The molecule has 3 rings (SSSR count). The number of fused-ring (bicyclic) bond motifs is 1. The number of hydrogen-bond acceptors (Lipinski definition) is 4. The first kappa shape index (κ1) is 14.4. The SMILES string of the molecule is Nc1ccc(Br)c(S(=O)(=O)Nc2ccc3sccc3c2)c1. The quantitative estimate of drug-likeness (QED) is 0.671. The number of hydrogen-bond donors (Lipinski definition) is 2. The molecule has 0 fully saturated rings. The van der Waals surface area contributed by atoms with E-state index in [1.807, 2.05) is 23.6 Å². The van der Waals surface area contributed by atoms with Crippen LogP contribution < -0.4 is 10.5 Å². The molecule has 21 heavy (non-hydrogen) atoms. The minimum Gasteiger partial charge on any atom is -0.399 e. The molecule has 0 radical (unpaired) electrons. The highest BCUT2D eigenvalue weighted by molar-refractivity contribution is 9.10. The molecule has 4 nitrogen and oxygen atoms in total. The topological polar surface area (TPSA) is 72.2 Å². The lowest BCUT2D eigenvalue weighted by molar-refractivity contribution is 0.601. The highest BCUT2D eigenvalue weighted by Crippen LogP contribution is 2.28. The molecule has 0 aliphatic rings. The van der Waals surface area contributed by atoms with E-state index in [9.17, 15) is 8.42 Å². The monoisotopic (exact) mass is 382 g/mol. The smallest absolute Gasteiger partial charge is 0.263 e. The molecule has 0 bridgehead atoms. The summed E-state index contributed by atoms with van der Waals surface area (Å²) in [6.45, 7) is 0. The zero-order valence-electron chi connectivity index (χ0n) is 10.7. The van der Waals surface area contributed by atoms with Gasteiger partial charge in [0, 0.05) is 20.5 Å². The van der Waals surface area contributed by atoms with Gasteiger partial charge in [-0.15, -0.1) is 11.3 Å². The van der Waals surface area contributed by atoms with Crippen molar-refractivity contribution in [1.82, 2.24) is 0 Å². The van der Waals surface area contributed by atoms with Crippen LogP contribution in [0.1, 0.15) is 0 Å². The van der Waals surface area contributed by atoms with Gasteiger partial charge in [0.05, 0.1) is 0 Å². The fourth-order valence-corrected chi connectivity index (χ4v) is 4.79. The molecule has 1 heterocycles. The Labute approximate surface area is 134 Å². The van der Waals surface area contributed by atoms with Crippen LogP contribution in [0.5, 0.6) is 0 Å². The first-order chi connectivity index (χ1) is 9.95. The number of nitrogen functional groups attached to an aromatic ring is 1. The van der Waals surface area contributed by atoms with Crippen molar-refractivity contribution in [2.24, 2.45) is 0 Å². The first-order valence-corrected chi connectivity index (χ1v) is 9.16. The summed E-state index contributed by atoms with van der Waals surface area (Å²) in [7, 11) is -3.69. The van der Waals surface area contributed by atoms with Gasteiger partial charge in [-0.2, -0.15) is 0 Å². The Kier molecular flexibility index (Phi) is 3.64. The standard InChI is InChI=1S/C14H11BrN2O2S2/c15-12-3-1-10(16)8-14(12)21(18,19)17-11-2-4-13-9(7-11)5-6-20-13/h1-8,17H,16H2. The van der Waals surface area contributed by atoms with Crippen LogP contribution in [0, 0.1) is 0 Å². The van der Waals surface area contributed by atoms with Crippen molar-refractivity contribution in [2.45, 2.75) is 4.90 Å².